The van der Waals surface area contributed by atoms with Crippen molar-refractivity contribution in [2.75, 3.05) is 11.4 Å². The molecule has 0 saturated carbocycles. The van der Waals surface area contributed by atoms with Crippen LogP contribution in [0.1, 0.15) is 59.0 Å². The molecule has 2 heterocycles. The fraction of sp³-hybridized carbons (Fsp3) is 0.219. The summed E-state index contributed by atoms with van der Waals surface area (Å²) in [6.07, 6.45) is 0.691. The summed E-state index contributed by atoms with van der Waals surface area (Å²) >= 11 is 0. The molecule has 4 aromatic rings. The Labute approximate surface area is 216 Å². The topological polar surface area (TPSA) is 57.7 Å². The van der Waals surface area contributed by atoms with Gasteiger partial charge in [0, 0.05) is 33.2 Å². The van der Waals surface area contributed by atoms with E-state index in [1.807, 2.05) is 60.7 Å². The smallest absolute Gasteiger partial charge is 0.261 e. The van der Waals surface area contributed by atoms with Crippen LogP contribution in [-0.4, -0.2) is 34.7 Å². The molecule has 0 spiro atoms. The van der Waals surface area contributed by atoms with Gasteiger partial charge in [0.1, 0.15) is 6.54 Å². The quantitative estimate of drug-likeness (QED) is 0.335. The van der Waals surface area contributed by atoms with Crippen molar-refractivity contribution in [3.63, 3.8) is 0 Å². The molecule has 2 aliphatic rings. The second kappa shape index (κ2) is 8.13. The van der Waals surface area contributed by atoms with Crippen LogP contribution in [0.2, 0.25) is 0 Å². The Morgan fingerprint density at radius 2 is 1.35 bits per heavy atom. The summed E-state index contributed by atoms with van der Waals surface area (Å²) in [5, 5.41) is 1.50. The first kappa shape index (κ1) is 23.2. The minimum Gasteiger partial charge on any atom is -0.305 e. The van der Waals surface area contributed by atoms with E-state index in [-0.39, 0.29) is 17.9 Å². The summed E-state index contributed by atoms with van der Waals surface area (Å²) in [7, 11) is 0. The number of benzene rings is 4. The largest absolute Gasteiger partial charge is 0.305 e. The number of hydrogen-bond acceptors (Lipinski definition) is 3. The van der Waals surface area contributed by atoms with E-state index in [2.05, 4.69) is 39.0 Å². The SMILES string of the molecule is CC1(C)C[C@](C)(c2ccccc2)c2ccccc2N1C(=O)CN1C(=O)c2cccc3cccc(c23)C1=O. The molecule has 0 aromatic heterocycles. The highest BCUT2D eigenvalue weighted by atomic mass is 16.2. The Kier molecular flexibility index (Phi) is 5.09. The van der Waals surface area contributed by atoms with E-state index in [0.717, 1.165) is 21.5 Å². The average Bonchev–Trinajstić information content (AvgIpc) is 2.89. The van der Waals surface area contributed by atoms with Crippen LogP contribution in [0, 0.1) is 0 Å². The van der Waals surface area contributed by atoms with Gasteiger partial charge in [0.05, 0.1) is 0 Å². The fourth-order valence-electron chi connectivity index (χ4n) is 6.47. The molecule has 0 N–H and O–H groups in total. The van der Waals surface area contributed by atoms with Gasteiger partial charge in [0.2, 0.25) is 5.91 Å². The number of amides is 3. The molecule has 0 unspecified atom stereocenters. The molecule has 0 aliphatic carbocycles. The van der Waals surface area contributed by atoms with Crippen molar-refractivity contribution in [2.45, 2.75) is 38.1 Å². The number of hydrogen-bond donors (Lipinski definition) is 0. The Bertz CT molecular complexity index is 1540. The molecule has 0 saturated heterocycles. The van der Waals surface area contributed by atoms with Gasteiger partial charge in [-0.1, -0.05) is 79.7 Å². The van der Waals surface area contributed by atoms with Gasteiger partial charge < -0.3 is 4.90 Å². The Morgan fingerprint density at radius 3 is 2.00 bits per heavy atom. The predicted octanol–water partition coefficient (Wildman–Crippen LogP) is 5.96. The number of rotatable bonds is 3. The van der Waals surface area contributed by atoms with Gasteiger partial charge in [-0.2, -0.15) is 0 Å². The lowest BCUT2D eigenvalue weighted by atomic mass is 9.65. The zero-order chi connectivity index (χ0) is 25.9. The normalized spacial score (nSPS) is 20.2. The van der Waals surface area contributed by atoms with Crippen LogP contribution in [0.4, 0.5) is 5.69 Å². The molecular weight excluding hydrogens is 460 g/mol. The van der Waals surface area contributed by atoms with Crippen molar-refractivity contribution in [1.82, 2.24) is 4.90 Å². The molecule has 6 rings (SSSR count). The van der Waals surface area contributed by atoms with Gasteiger partial charge in [-0.3, -0.25) is 19.3 Å². The predicted molar refractivity (Wildman–Crippen MR) is 145 cm³/mol. The fourth-order valence-corrected chi connectivity index (χ4v) is 6.47. The van der Waals surface area contributed by atoms with Gasteiger partial charge in [0.15, 0.2) is 0 Å². The van der Waals surface area contributed by atoms with Gasteiger partial charge in [-0.05, 0) is 55.0 Å². The lowest BCUT2D eigenvalue weighted by Crippen LogP contribution is -2.58. The number of imide groups is 1. The summed E-state index contributed by atoms with van der Waals surface area (Å²) in [6.45, 7) is 6.01. The second-order valence-corrected chi connectivity index (χ2v) is 10.8. The van der Waals surface area contributed by atoms with Crippen LogP contribution < -0.4 is 4.90 Å². The van der Waals surface area contributed by atoms with Crippen LogP contribution in [0.5, 0.6) is 0 Å². The Hall–Kier alpha value is -4.25. The molecule has 0 radical (unpaired) electrons. The van der Waals surface area contributed by atoms with Gasteiger partial charge in [-0.15, -0.1) is 0 Å². The van der Waals surface area contributed by atoms with Crippen molar-refractivity contribution >= 4 is 34.2 Å². The third-order valence-corrected chi connectivity index (χ3v) is 7.94. The molecule has 0 fully saturated rings. The molecule has 3 amide bonds. The molecule has 37 heavy (non-hydrogen) atoms. The van der Waals surface area contributed by atoms with Crippen molar-refractivity contribution in [2.24, 2.45) is 0 Å². The molecule has 1 atom stereocenters. The lowest BCUT2D eigenvalue weighted by Gasteiger charge is -2.51. The monoisotopic (exact) mass is 488 g/mol. The molecule has 5 heteroatoms. The van der Waals surface area contributed by atoms with Crippen LogP contribution in [0.15, 0.2) is 91.0 Å². The van der Waals surface area contributed by atoms with Crippen molar-refractivity contribution < 1.29 is 14.4 Å². The molecule has 5 nitrogen and oxygen atoms in total. The van der Waals surface area contributed by atoms with Gasteiger partial charge in [0.25, 0.3) is 11.8 Å². The third-order valence-electron chi connectivity index (χ3n) is 7.94. The number of nitrogens with zero attached hydrogens (tertiary/aromatic N) is 2. The maximum absolute atomic E-state index is 14.0. The van der Waals surface area contributed by atoms with Gasteiger partial charge >= 0.3 is 0 Å². The first-order chi connectivity index (χ1) is 17.7. The van der Waals surface area contributed by atoms with Crippen molar-refractivity contribution in [3.8, 4) is 0 Å². The molecule has 4 aromatic carbocycles. The standard InChI is InChI=1S/C32H28N2O3/c1-31(2)20-32(3,22-13-5-4-6-14-22)25-17-7-8-18-26(25)34(31)27(35)19-33-29(36)23-15-9-11-21-12-10-16-24(28(21)23)30(33)37/h4-18H,19-20H2,1-3H3/t32-/m1/s1. The summed E-state index contributed by atoms with van der Waals surface area (Å²) < 4.78 is 0. The summed E-state index contributed by atoms with van der Waals surface area (Å²) in [5.74, 6) is -1.14. The maximum atomic E-state index is 14.0. The van der Waals surface area contributed by atoms with E-state index < -0.39 is 17.4 Å². The van der Waals surface area contributed by atoms with Crippen molar-refractivity contribution in [3.05, 3.63) is 113 Å². The third kappa shape index (κ3) is 3.41. The van der Waals surface area contributed by atoms with Crippen molar-refractivity contribution in [1.29, 1.82) is 0 Å². The first-order valence-corrected chi connectivity index (χ1v) is 12.6. The van der Waals surface area contributed by atoms with E-state index in [1.165, 1.54) is 5.56 Å². The average molecular weight is 489 g/mol. The van der Waals surface area contributed by atoms with E-state index in [1.54, 1.807) is 17.0 Å². The Balaban J connectivity index is 1.40. The molecule has 2 aliphatic heterocycles. The zero-order valence-electron chi connectivity index (χ0n) is 21.2. The lowest BCUT2D eigenvalue weighted by molar-refractivity contribution is -0.120. The highest BCUT2D eigenvalue weighted by molar-refractivity contribution is 6.26. The van der Waals surface area contributed by atoms with E-state index in [4.69, 9.17) is 0 Å². The minimum atomic E-state index is -0.560. The number of fused-ring (bicyclic) bond motifs is 1. The number of carbonyl (C=O) groups is 3. The van der Waals surface area contributed by atoms with Crippen LogP contribution in [-0.2, 0) is 10.2 Å². The first-order valence-electron chi connectivity index (χ1n) is 12.6. The summed E-state index contributed by atoms with van der Waals surface area (Å²) in [6, 6.07) is 29.2. The van der Waals surface area contributed by atoms with Crippen LogP contribution in [0.25, 0.3) is 10.8 Å². The van der Waals surface area contributed by atoms with Crippen LogP contribution >= 0.6 is 0 Å². The summed E-state index contributed by atoms with van der Waals surface area (Å²) in [4.78, 5) is 43.8. The van der Waals surface area contributed by atoms with Crippen LogP contribution in [0.3, 0.4) is 0 Å². The maximum Gasteiger partial charge on any atom is 0.261 e. The van der Waals surface area contributed by atoms with Gasteiger partial charge in [-0.25, -0.2) is 0 Å². The highest BCUT2D eigenvalue weighted by Crippen LogP contribution is 2.50. The number of para-hydroxylation sites is 1. The second-order valence-electron chi connectivity index (χ2n) is 10.8. The van der Waals surface area contributed by atoms with E-state index in [0.29, 0.717) is 22.9 Å². The molecular formula is C32H28N2O3. The molecule has 184 valence electrons. The number of carbonyl (C=O) groups excluding carboxylic acids is 3. The molecule has 0 bridgehead atoms. The highest BCUT2D eigenvalue weighted by Gasteiger charge is 2.48. The number of anilines is 1. The Morgan fingerprint density at radius 1 is 0.757 bits per heavy atom. The van der Waals surface area contributed by atoms with E-state index >= 15 is 0 Å². The summed E-state index contributed by atoms with van der Waals surface area (Å²) in [5.41, 5.74) is 3.11. The minimum absolute atomic E-state index is 0.277. The zero-order valence-corrected chi connectivity index (χ0v) is 21.2. The van der Waals surface area contributed by atoms with E-state index in [9.17, 15) is 14.4 Å².